The Kier molecular flexibility index (Phi) is 4.98. The summed E-state index contributed by atoms with van der Waals surface area (Å²) in [5.74, 6) is -0.0182. The molecule has 0 bridgehead atoms. The highest BCUT2D eigenvalue weighted by molar-refractivity contribution is 5.97. The lowest BCUT2D eigenvalue weighted by Crippen LogP contribution is -2.32. The fourth-order valence-corrected chi connectivity index (χ4v) is 3.25. The van der Waals surface area contributed by atoms with Crippen LogP contribution in [0, 0.1) is 13.8 Å². The first kappa shape index (κ1) is 18.0. The van der Waals surface area contributed by atoms with Crippen LogP contribution in [-0.2, 0) is 16.0 Å². The molecule has 1 aliphatic rings. The molecule has 0 aromatic heterocycles. The number of carbonyl (C=O) groups is 2. The van der Waals surface area contributed by atoms with E-state index in [9.17, 15) is 9.59 Å². The average molecular weight is 351 g/mol. The second kappa shape index (κ2) is 7.20. The number of hydrogen-bond acceptors (Lipinski definition) is 3. The molecule has 2 amide bonds. The zero-order chi connectivity index (χ0) is 18.8. The Balaban J connectivity index is 1.68. The number of fused-ring (bicyclic) bond motifs is 1. The van der Waals surface area contributed by atoms with Gasteiger partial charge in [-0.1, -0.05) is 12.1 Å². The molecule has 2 aromatic rings. The van der Waals surface area contributed by atoms with Crippen LogP contribution in [-0.4, -0.2) is 24.4 Å². The topological polar surface area (TPSA) is 61.4 Å². The zero-order valence-electron chi connectivity index (χ0n) is 15.7. The zero-order valence-corrected chi connectivity index (χ0v) is 15.7. The van der Waals surface area contributed by atoms with Crippen molar-refractivity contribution in [2.75, 3.05) is 22.1 Å². The number of aryl methyl sites for hydroxylation is 2. The molecule has 136 valence electrons. The first-order chi connectivity index (χ1) is 12.3. The Morgan fingerprint density at radius 3 is 2.62 bits per heavy atom. The molecule has 0 saturated heterocycles. The second-order valence-corrected chi connectivity index (χ2v) is 6.94. The molecule has 2 N–H and O–H groups in total. The van der Waals surface area contributed by atoms with Crippen molar-refractivity contribution in [1.29, 1.82) is 0 Å². The third-order valence-corrected chi connectivity index (χ3v) is 4.78. The van der Waals surface area contributed by atoms with E-state index in [0.29, 0.717) is 0 Å². The number of amides is 2. The van der Waals surface area contributed by atoms with Gasteiger partial charge in [0.1, 0.15) is 6.04 Å². The van der Waals surface area contributed by atoms with Crippen LogP contribution < -0.4 is 15.5 Å². The van der Waals surface area contributed by atoms with Gasteiger partial charge in [-0.15, -0.1) is 0 Å². The van der Waals surface area contributed by atoms with E-state index >= 15 is 0 Å². The predicted octanol–water partition coefficient (Wildman–Crippen LogP) is 3.65. The van der Waals surface area contributed by atoms with Crippen molar-refractivity contribution >= 4 is 28.9 Å². The minimum atomic E-state index is -0.377. The van der Waals surface area contributed by atoms with Gasteiger partial charge in [0.15, 0.2) is 0 Å². The lowest BCUT2D eigenvalue weighted by atomic mass is 10.1. The smallest absolute Gasteiger partial charge is 0.246 e. The van der Waals surface area contributed by atoms with Crippen LogP contribution in [0.5, 0.6) is 0 Å². The number of hydrogen-bond donors (Lipinski definition) is 2. The highest BCUT2D eigenvalue weighted by Crippen LogP contribution is 2.30. The van der Waals surface area contributed by atoms with Gasteiger partial charge in [-0.3, -0.25) is 9.59 Å². The lowest BCUT2D eigenvalue weighted by molar-refractivity contribution is -0.117. The second-order valence-electron chi connectivity index (χ2n) is 6.94. The van der Waals surface area contributed by atoms with Crippen molar-refractivity contribution in [1.82, 2.24) is 0 Å². The lowest BCUT2D eigenvalue weighted by Gasteiger charge is -2.18. The van der Waals surface area contributed by atoms with Crippen LogP contribution in [0.3, 0.4) is 0 Å². The summed E-state index contributed by atoms with van der Waals surface area (Å²) in [6, 6.07) is 11.5. The van der Waals surface area contributed by atoms with E-state index < -0.39 is 0 Å². The third kappa shape index (κ3) is 3.72. The maximum Gasteiger partial charge on any atom is 0.246 e. The van der Waals surface area contributed by atoms with Gasteiger partial charge >= 0.3 is 0 Å². The monoisotopic (exact) mass is 351 g/mol. The van der Waals surface area contributed by atoms with E-state index in [1.807, 2.05) is 57.2 Å². The van der Waals surface area contributed by atoms with E-state index in [-0.39, 0.29) is 17.9 Å². The Morgan fingerprint density at radius 2 is 1.88 bits per heavy atom. The first-order valence-electron chi connectivity index (χ1n) is 8.91. The third-order valence-electron chi connectivity index (χ3n) is 4.78. The molecule has 0 unspecified atom stereocenters. The quantitative estimate of drug-likeness (QED) is 0.884. The van der Waals surface area contributed by atoms with Gasteiger partial charge in [-0.05, 0) is 68.1 Å². The molecule has 0 aliphatic carbocycles. The van der Waals surface area contributed by atoms with Crippen molar-refractivity contribution in [3.05, 3.63) is 53.1 Å². The van der Waals surface area contributed by atoms with Crippen LogP contribution in [0.15, 0.2) is 36.4 Å². The van der Waals surface area contributed by atoms with Crippen LogP contribution >= 0.6 is 0 Å². The number of rotatable bonds is 4. The summed E-state index contributed by atoms with van der Waals surface area (Å²) < 4.78 is 0. The molecule has 0 fully saturated rings. The molecular weight excluding hydrogens is 326 g/mol. The SMILES string of the molecule is CC(=O)N1CCc2cc(N[C@@H](C)C(=O)Nc3cc(C)ccc3C)ccc21. The van der Waals surface area contributed by atoms with Crippen LogP contribution in [0.2, 0.25) is 0 Å². The molecule has 1 heterocycles. The molecule has 0 saturated carbocycles. The predicted molar refractivity (Wildman–Crippen MR) is 106 cm³/mol. The minimum Gasteiger partial charge on any atom is -0.374 e. The van der Waals surface area contributed by atoms with Gasteiger partial charge in [-0.2, -0.15) is 0 Å². The van der Waals surface area contributed by atoms with Gasteiger partial charge in [0.2, 0.25) is 11.8 Å². The van der Waals surface area contributed by atoms with E-state index in [1.165, 1.54) is 0 Å². The molecule has 0 radical (unpaired) electrons. The number of carbonyl (C=O) groups excluding carboxylic acids is 2. The molecule has 1 aliphatic heterocycles. The summed E-state index contributed by atoms with van der Waals surface area (Å²) in [5.41, 5.74) is 5.98. The maximum absolute atomic E-state index is 12.5. The molecule has 26 heavy (non-hydrogen) atoms. The summed E-state index contributed by atoms with van der Waals surface area (Å²) in [4.78, 5) is 26.0. The summed E-state index contributed by atoms with van der Waals surface area (Å²) in [7, 11) is 0. The van der Waals surface area contributed by atoms with Gasteiger partial charge < -0.3 is 15.5 Å². The molecule has 0 spiro atoms. The average Bonchev–Trinajstić information content (AvgIpc) is 3.01. The molecule has 5 nitrogen and oxygen atoms in total. The Bertz CT molecular complexity index is 860. The fraction of sp³-hybridized carbons (Fsp3) is 0.333. The van der Waals surface area contributed by atoms with E-state index in [0.717, 1.165) is 46.7 Å². The van der Waals surface area contributed by atoms with Gasteiger partial charge in [0.05, 0.1) is 0 Å². The van der Waals surface area contributed by atoms with Crippen molar-refractivity contribution in [2.45, 2.75) is 40.2 Å². The van der Waals surface area contributed by atoms with Gasteiger partial charge in [-0.25, -0.2) is 0 Å². The standard InChI is InChI=1S/C21H25N3O2/c1-13-5-6-14(2)19(11-13)23-21(26)15(3)22-18-7-8-20-17(12-18)9-10-24(20)16(4)25/h5-8,11-12,15,22H,9-10H2,1-4H3,(H,23,26)/t15-/m0/s1. The van der Waals surface area contributed by atoms with Crippen molar-refractivity contribution in [2.24, 2.45) is 0 Å². The Hall–Kier alpha value is -2.82. The fourth-order valence-electron chi connectivity index (χ4n) is 3.25. The largest absolute Gasteiger partial charge is 0.374 e. The highest BCUT2D eigenvalue weighted by atomic mass is 16.2. The maximum atomic E-state index is 12.5. The van der Waals surface area contributed by atoms with Crippen molar-refractivity contribution in [3.8, 4) is 0 Å². The Morgan fingerprint density at radius 1 is 1.12 bits per heavy atom. The molecule has 5 heteroatoms. The summed E-state index contributed by atoms with van der Waals surface area (Å²) in [6.07, 6.45) is 0.841. The number of benzene rings is 2. The van der Waals surface area contributed by atoms with Crippen LogP contribution in [0.1, 0.15) is 30.5 Å². The number of nitrogens with zero attached hydrogens (tertiary/aromatic N) is 1. The number of anilines is 3. The van der Waals surface area contributed by atoms with Crippen molar-refractivity contribution < 1.29 is 9.59 Å². The minimum absolute atomic E-state index is 0.0609. The van der Waals surface area contributed by atoms with E-state index in [2.05, 4.69) is 10.6 Å². The Labute approximate surface area is 154 Å². The van der Waals surface area contributed by atoms with E-state index in [1.54, 1.807) is 11.8 Å². The van der Waals surface area contributed by atoms with Gasteiger partial charge in [0.25, 0.3) is 0 Å². The summed E-state index contributed by atoms with van der Waals surface area (Å²) in [6.45, 7) is 8.13. The summed E-state index contributed by atoms with van der Waals surface area (Å²) >= 11 is 0. The molecule has 1 atom stereocenters. The molecular formula is C21H25N3O2. The van der Waals surface area contributed by atoms with Crippen LogP contribution in [0.25, 0.3) is 0 Å². The first-order valence-corrected chi connectivity index (χ1v) is 8.91. The highest BCUT2D eigenvalue weighted by Gasteiger charge is 2.22. The van der Waals surface area contributed by atoms with E-state index in [4.69, 9.17) is 0 Å². The summed E-state index contributed by atoms with van der Waals surface area (Å²) in [5, 5.41) is 6.25. The molecule has 2 aromatic carbocycles. The normalized spacial score (nSPS) is 13.9. The van der Waals surface area contributed by atoms with Gasteiger partial charge in [0, 0.05) is 30.5 Å². The molecule has 3 rings (SSSR count). The van der Waals surface area contributed by atoms with Crippen LogP contribution in [0.4, 0.5) is 17.1 Å². The van der Waals surface area contributed by atoms with Crippen molar-refractivity contribution in [3.63, 3.8) is 0 Å². The number of nitrogens with one attached hydrogen (secondary N) is 2.